The summed E-state index contributed by atoms with van der Waals surface area (Å²) in [5, 5.41) is 19.6. The number of aromatic carboxylic acids is 1. The van der Waals surface area contributed by atoms with Crippen molar-refractivity contribution >= 4 is 18.1 Å². The Hall–Kier alpha value is -2.86. The summed E-state index contributed by atoms with van der Waals surface area (Å²) in [6.45, 7) is 0.556. The van der Waals surface area contributed by atoms with Gasteiger partial charge in [0, 0.05) is 23.8 Å². The summed E-state index contributed by atoms with van der Waals surface area (Å²) in [5.41, 5.74) is 3.78. The van der Waals surface area contributed by atoms with Gasteiger partial charge in [-0.15, -0.1) is 0 Å². The van der Waals surface area contributed by atoms with Crippen LogP contribution in [-0.2, 0) is 9.53 Å². The third-order valence-corrected chi connectivity index (χ3v) is 4.89. The van der Waals surface area contributed by atoms with Gasteiger partial charge in [-0.25, -0.2) is 4.79 Å². The summed E-state index contributed by atoms with van der Waals surface area (Å²) in [5.74, 6) is -0.522. The van der Waals surface area contributed by atoms with Gasteiger partial charge in [-0.2, -0.15) is 0 Å². The molecule has 0 bridgehead atoms. The molecule has 2 aromatic rings. The van der Waals surface area contributed by atoms with E-state index in [1.54, 1.807) is 12.1 Å². The molecule has 136 valence electrons. The SMILES string of the molecule is O=C(O)c1ccc(C2Nc3ccccc3C3OCCCC23)cc1.O=CO. The lowest BCUT2D eigenvalue weighted by molar-refractivity contribution is -0.122. The Morgan fingerprint density at radius 3 is 2.54 bits per heavy atom. The molecule has 26 heavy (non-hydrogen) atoms. The predicted octanol–water partition coefficient (Wildman–Crippen LogP) is 3.72. The van der Waals surface area contributed by atoms with E-state index in [9.17, 15) is 4.79 Å². The molecule has 6 nitrogen and oxygen atoms in total. The van der Waals surface area contributed by atoms with E-state index in [2.05, 4.69) is 23.5 Å². The van der Waals surface area contributed by atoms with E-state index in [0.29, 0.717) is 11.5 Å². The first-order valence-corrected chi connectivity index (χ1v) is 8.54. The number of benzene rings is 2. The summed E-state index contributed by atoms with van der Waals surface area (Å²) in [6.07, 6.45) is 2.29. The van der Waals surface area contributed by atoms with Crippen molar-refractivity contribution in [2.75, 3.05) is 11.9 Å². The molecule has 2 aliphatic rings. The molecule has 3 N–H and O–H groups in total. The van der Waals surface area contributed by atoms with E-state index in [1.165, 1.54) is 5.56 Å². The molecule has 0 amide bonds. The van der Waals surface area contributed by atoms with E-state index in [-0.39, 0.29) is 18.6 Å². The zero-order valence-corrected chi connectivity index (χ0v) is 14.2. The largest absolute Gasteiger partial charge is 0.483 e. The summed E-state index contributed by atoms with van der Waals surface area (Å²) >= 11 is 0. The first-order chi connectivity index (χ1) is 12.7. The highest BCUT2D eigenvalue weighted by atomic mass is 16.5. The number of fused-ring (bicyclic) bond motifs is 3. The Kier molecular flexibility index (Phi) is 5.53. The van der Waals surface area contributed by atoms with Gasteiger partial charge >= 0.3 is 5.97 Å². The van der Waals surface area contributed by atoms with Gasteiger partial charge < -0.3 is 20.3 Å². The van der Waals surface area contributed by atoms with Gasteiger partial charge in [0.05, 0.1) is 17.7 Å². The van der Waals surface area contributed by atoms with E-state index in [4.69, 9.17) is 19.7 Å². The van der Waals surface area contributed by atoms with Crippen molar-refractivity contribution in [3.63, 3.8) is 0 Å². The van der Waals surface area contributed by atoms with E-state index >= 15 is 0 Å². The molecule has 0 aliphatic carbocycles. The van der Waals surface area contributed by atoms with Gasteiger partial charge in [0.15, 0.2) is 0 Å². The van der Waals surface area contributed by atoms with Gasteiger partial charge in [0.25, 0.3) is 6.47 Å². The maximum Gasteiger partial charge on any atom is 0.335 e. The number of rotatable bonds is 2. The molecule has 0 aromatic heterocycles. The van der Waals surface area contributed by atoms with Gasteiger partial charge in [-0.1, -0.05) is 30.3 Å². The van der Waals surface area contributed by atoms with Crippen molar-refractivity contribution in [2.24, 2.45) is 5.92 Å². The van der Waals surface area contributed by atoms with Crippen molar-refractivity contribution in [2.45, 2.75) is 25.0 Å². The fourth-order valence-corrected chi connectivity index (χ4v) is 3.78. The van der Waals surface area contributed by atoms with Crippen molar-refractivity contribution in [1.29, 1.82) is 0 Å². The van der Waals surface area contributed by atoms with Crippen LogP contribution in [0, 0.1) is 5.92 Å². The highest BCUT2D eigenvalue weighted by Gasteiger charge is 2.39. The number of hydrogen-bond donors (Lipinski definition) is 3. The van der Waals surface area contributed by atoms with Crippen molar-refractivity contribution < 1.29 is 24.5 Å². The zero-order valence-electron chi connectivity index (χ0n) is 14.2. The van der Waals surface area contributed by atoms with E-state index in [1.807, 2.05) is 18.2 Å². The van der Waals surface area contributed by atoms with Crippen LogP contribution in [-0.4, -0.2) is 29.3 Å². The number of carboxylic acid groups (broad SMARTS) is 2. The van der Waals surface area contributed by atoms with Crippen LogP contribution < -0.4 is 5.32 Å². The third-order valence-electron chi connectivity index (χ3n) is 4.89. The van der Waals surface area contributed by atoms with Gasteiger partial charge in [0.1, 0.15) is 0 Å². The van der Waals surface area contributed by atoms with E-state index < -0.39 is 5.97 Å². The van der Waals surface area contributed by atoms with Crippen LogP contribution in [0.4, 0.5) is 5.69 Å². The van der Waals surface area contributed by atoms with E-state index in [0.717, 1.165) is 30.7 Å². The number of hydrogen-bond acceptors (Lipinski definition) is 4. The smallest absolute Gasteiger partial charge is 0.335 e. The van der Waals surface area contributed by atoms with Crippen LogP contribution in [0.5, 0.6) is 0 Å². The average Bonchev–Trinajstić information content (AvgIpc) is 2.68. The number of nitrogens with one attached hydrogen (secondary N) is 1. The molecule has 0 spiro atoms. The fraction of sp³-hybridized carbons (Fsp3) is 0.300. The molecule has 2 aliphatic heterocycles. The average molecular weight is 355 g/mol. The second-order valence-electron chi connectivity index (χ2n) is 6.34. The lowest BCUT2D eigenvalue weighted by Gasteiger charge is -2.43. The Morgan fingerprint density at radius 1 is 1.15 bits per heavy atom. The van der Waals surface area contributed by atoms with Crippen LogP contribution in [0.1, 0.15) is 46.5 Å². The highest BCUT2D eigenvalue weighted by molar-refractivity contribution is 5.87. The number of para-hydroxylation sites is 1. The first kappa shape index (κ1) is 17.9. The van der Waals surface area contributed by atoms with Gasteiger partial charge in [0.2, 0.25) is 0 Å². The second-order valence-corrected chi connectivity index (χ2v) is 6.34. The molecule has 2 aromatic carbocycles. The first-order valence-electron chi connectivity index (χ1n) is 8.54. The molecule has 1 saturated heterocycles. The van der Waals surface area contributed by atoms with Crippen LogP contribution in [0.15, 0.2) is 48.5 Å². The maximum atomic E-state index is 11.0. The molecule has 6 heteroatoms. The number of anilines is 1. The molecular weight excluding hydrogens is 334 g/mol. The third kappa shape index (κ3) is 3.55. The Morgan fingerprint density at radius 2 is 1.85 bits per heavy atom. The van der Waals surface area contributed by atoms with Crippen molar-refractivity contribution in [1.82, 2.24) is 0 Å². The van der Waals surface area contributed by atoms with Crippen LogP contribution in [0.2, 0.25) is 0 Å². The fourth-order valence-electron chi connectivity index (χ4n) is 3.78. The molecule has 3 unspecified atom stereocenters. The highest BCUT2D eigenvalue weighted by Crippen LogP contribution is 2.48. The van der Waals surface area contributed by atoms with Gasteiger partial charge in [-0.3, -0.25) is 4.79 Å². The number of carbonyl (C=O) groups is 2. The molecule has 1 fully saturated rings. The standard InChI is InChI=1S/C19H19NO3.CH2O2/c21-19(22)13-9-7-12(8-10-13)17-15-5-3-11-23-18(15)14-4-1-2-6-16(14)20-17;2-1-3/h1-2,4,6-10,15,17-18,20H,3,5,11H2,(H,21,22);1H,(H,2,3). The normalized spacial score (nSPS) is 23.3. The van der Waals surface area contributed by atoms with Crippen molar-refractivity contribution in [3.8, 4) is 0 Å². The predicted molar refractivity (Wildman–Crippen MR) is 96.3 cm³/mol. The molecule has 4 rings (SSSR count). The molecule has 0 radical (unpaired) electrons. The topological polar surface area (TPSA) is 95.9 Å². The minimum Gasteiger partial charge on any atom is -0.483 e. The lowest BCUT2D eigenvalue weighted by atomic mass is 9.77. The van der Waals surface area contributed by atoms with Crippen LogP contribution in [0.25, 0.3) is 0 Å². The summed E-state index contributed by atoms with van der Waals surface area (Å²) in [7, 11) is 0. The minimum atomic E-state index is -0.891. The number of ether oxygens (including phenoxy) is 1. The Balaban J connectivity index is 0.000000613. The summed E-state index contributed by atoms with van der Waals surface area (Å²) in [6, 6.07) is 15.6. The Labute approximate surface area is 151 Å². The Bertz CT molecular complexity index is 774. The molecular formula is C20H21NO5. The minimum absolute atomic E-state index is 0.116. The van der Waals surface area contributed by atoms with Crippen LogP contribution >= 0.6 is 0 Å². The molecule has 2 heterocycles. The summed E-state index contributed by atoms with van der Waals surface area (Å²) in [4.78, 5) is 19.4. The van der Waals surface area contributed by atoms with Crippen LogP contribution in [0.3, 0.4) is 0 Å². The quantitative estimate of drug-likeness (QED) is 0.711. The second kappa shape index (κ2) is 8.01. The number of carboxylic acids is 1. The van der Waals surface area contributed by atoms with Gasteiger partial charge in [-0.05, 0) is 36.6 Å². The van der Waals surface area contributed by atoms with Crippen molar-refractivity contribution in [3.05, 3.63) is 65.2 Å². The summed E-state index contributed by atoms with van der Waals surface area (Å²) < 4.78 is 6.09. The molecule has 0 saturated carbocycles. The monoisotopic (exact) mass is 355 g/mol. The maximum absolute atomic E-state index is 11.0. The zero-order chi connectivity index (χ0) is 18.5. The molecule has 3 atom stereocenters. The lowest BCUT2D eigenvalue weighted by Crippen LogP contribution is -2.35.